The molecule has 3 N–H and O–H groups in total. The Bertz CT molecular complexity index is 502. The Morgan fingerprint density at radius 2 is 2.05 bits per heavy atom. The van der Waals surface area contributed by atoms with E-state index >= 15 is 0 Å². The Hall–Kier alpha value is -0.800. The fourth-order valence-corrected chi connectivity index (χ4v) is 4.94. The first-order valence-electron chi connectivity index (χ1n) is 6.76. The molecule has 0 aliphatic heterocycles. The van der Waals surface area contributed by atoms with Crippen molar-refractivity contribution in [3.63, 3.8) is 0 Å². The minimum atomic E-state index is -0.381. The number of hydrogen-bond donors (Lipinski definition) is 2. The lowest BCUT2D eigenvalue weighted by Gasteiger charge is -2.15. The molecule has 1 atom stereocenters. The van der Waals surface area contributed by atoms with E-state index in [1.165, 1.54) is 47.7 Å². The highest BCUT2D eigenvalue weighted by atomic mass is 32.2. The topological polar surface area (TPSA) is 98.0 Å². The average molecular weight is 347 g/mol. The maximum atomic E-state index is 12.1. The number of amides is 2. The number of carbonyl (C=O) groups excluding carboxylic acids is 2. The fraction of sp³-hybridized carbons (Fsp3) is 0.667. The van der Waals surface area contributed by atoms with Gasteiger partial charge < -0.3 is 11.1 Å². The van der Waals surface area contributed by atoms with Crippen LogP contribution in [0.25, 0.3) is 0 Å². The molecule has 9 heteroatoms. The number of aromatic nitrogens is 2. The SMILES string of the molecule is CC(Sc1nnc(SCC(N)=O)s1)C(=O)NC1CCCC1. The van der Waals surface area contributed by atoms with Gasteiger partial charge in [-0.1, -0.05) is 47.7 Å². The van der Waals surface area contributed by atoms with Gasteiger partial charge in [-0.25, -0.2) is 0 Å². The molecule has 0 spiro atoms. The number of hydrogen-bond acceptors (Lipinski definition) is 7. The summed E-state index contributed by atoms with van der Waals surface area (Å²) in [7, 11) is 0. The minimum absolute atomic E-state index is 0.0495. The van der Waals surface area contributed by atoms with Gasteiger partial charge in [-0.05, 0) is 19.8 Å². The van der Waals surface area contributed by atoms with Crippen molar-refractivity contribution in [3.8, 4) is 0 Å². The van der Waals surface area contributed by atoms with Crippen molar-refractivity contribution >= 4 is 46.7 Å². The zero-order valence-electron chi connectivity index (χ0n) is 11.7. The van der Waals surface area contributed by atoms with E-state index < -0.39 is 0 Å². The van der Waals surface area contributed by atoms with Crippen LogP contribution in [0.3, 0.4) is 0 Å². The summed E-state index contributed by atoms with van der Waals surface area (Å²) in [6.45, 7) is 1.87. The normalized spacial score (nSPS) is 16.8. The molecule has 0 saturated heterocycles. The van der Waals surface area contributed by atoms with E-state index in [-0.39, 0.29) is 22.8 Å². The third-order valence-electron chi connectivity index (χ3n) is 3.07. The zero-order valence-corrected chi connectivity index (χ0v) is 14.2. The molecule has 21 heavy (non-hydrogen) atoms. The molecule has 2 rings (SSSR count). The number of nitrogens with zero attached hydrogens (tertiary/aromatic N) is 2. The summed E-state index contributed by atoms with van der Waals surface area (Å²) in [5, 5.41) is 10.9. The van der Waals surface area contributed by atoms with E-state index in [1.807, 2.05) is 6.92 Å². The first-order chi connectivity index (χ1) is 10.0. The summed E-state index contributed by atoms with van der Waals surface area (Å²) in [4.78, 5) is 22.8. The van der Waals surface area contributed by atoms with Gasteiger partial charge in [-0.15, -0.1) is 10.2 Å². The first-order valence-corrected chi connectivity index (χ1v) is 9.44. The van der Waals surface area contributed by atoms with Gasteiger partial charge in [0.25, 0.3) is 0 Å². The monoisotopic (exact) mass is 346 g/mol. The number of rotatable bonds is 7. The van der Waals surface area contributed by atoms with Gasteiger partial charge >= 0.3 is 0 Å². The van der Waals surface area contributed by atoms with Crippen LogP contribution in [0.2, 0.25) is 0 Å². The van der Waals surface area contributed by atoms with Gasteiger partial charge in [0.15, 0.2) is 8.68 Å². The van der Waals surface area contributed by atoms with Crippen LogP contribution in [0.15, 0.2) is 8.68 Å². The molecular weight excluding hydrogens is 328 g/mol. The molecule has 1 aliphatic carbocycles. The first kappa shape index (κ1) is 16.6. The predicted octanol–water partition coefficient (Wildman–Crippen LogP) is 1.65. The highest BCUT2D eigenvalue weighted by molar-refractivity contribution is 8.04. The molecular formula is C12H18N4O2S3. The van der Waals surface area contributed by atoms with Crippen molar-refractivity contribution in [1.29, 1.82) is 0 Å². The van der Waals surface area contributed by atoms with Crippen LogP contribution in [0, 0.1) is 0 Å². The molecule has 116 valence electrons. The third kappa shape index (κ3) is 5.48. The maximum Gasteiger partial charge on any atom is 0.233 e. The van der Waals surface area contributed by atoms with Crippen LogP contribution >= 0.6 is 34.9 Å². The molecule has 2 amide bonds. The molecule has 0 bridgehead atoms. The second kappa shape index (κ2) is 8.00. The Morgan fingerprint density at radius 3 is 2.71 bits per heavy atom. The summed E-state index contributed by atoms with van der Waals surface area (Å²) < 4.78 is 1.43. The van der Waals surface area contributed by atoms with E-state index in [4.69, 9.17) is 5.73 Å². The Balaban J connectivity index is 1.79. The van der Waals surface area contributed by atoms with Crippen LogP contribution < -0.4 is 11.1 Å². The fourth-order valence-electron chi connectivity index (χ4n) is 2.03. The van der Waals surface area contributed by atoms with Crippen LogP contribution in [0.5, 0.6) is 0 Å². The number of thioether (sulfide) groups is 2. The Morgan fingerprint density at radius 1 is 1.38 bits per heavy atom. The molecule has 1 saturated carbocycles. The van der Waals surface area contributed by atoms with E-state index in [0.29, 0.717) is 10.4 Å². The van der Waals surface area contributed by atoms with Crippen molar-refractivity contribution < 1.29 is 9.59 Å². The number of nitrogens with one attached hydrogen (secondary N) is 1. The van der Waals surface area contributed by atoms with Gasteiger partial charge in [0, 0.05) is 6.04 Å². The van der Waals surface area contributed by atoms with Crippen molar-refractivity contribution in [2.45, 2.75) is 52.6 Å². The molecule has 6 nitrogen and oxygen atoms in total. The molecule has 0 radical (unpaired) electrons. The molecule has 1 aromatic heterocycles. The molecule has 1 heterocycles. The summed E-state index contributed by atoms with van der Waals surface area (Å²) in [5.74, 6) is -0.140. The minimum Gasteiger partial charge on any atom is -0.369 e. The highest BCUT2D eigenvalue weighted by Gasteiger charge is 2.22. The standard InChI is InChI=1S/C12H18N4O2S3/c1-7(10(18)14-8-4-2-3-5-8)20-12-16-15-11(21-12)19-6-9(13)17/h7-8H,2-6H2,1H3,(H2,13,17)(H,14,18). The van der Waals surface area contributed by atoms with Crippen LogP contribution in [0.1, 0.15) is 32.6 Å². The summed E-state index contributed by atoms with van der Waals surface area (Å²) >= 11 is 4.04. The lowest BCUT2D eigenvalue weighted by Crippen LogP contribution is -2.37. The number of carbonyl (C=O) groups is 2. The summed E-state index contributed by atoms with van der Waals surface area (Å²) in [6, 6.07) is 0.330. The number of primary amides is 1. The van der Waals surface area contributed by atoms with Crippen LogP contribution in [-0.2, 0) is 9.59 Å². The zero-order chi connectivity index (χ0) is 15.2. The second-order valence-corrected chi connectivity index (χ2v) is 8.63. The molecule has 1 aromatic rings. The van der Waals surface area contributed by atoms with Gasteiger partial charge in [0.1, 0.15) is 0 Å². The van der Waals surface area contributed by atoms with Crippen LogP contribution in [-0.4, -0.2) is 39.1 Å². The van der Waals surface area contributed by atoms with Gasteiger partial charge in [-0.3, -0.25) is 9.59 Å². The molecule has 0 aromatic carbocycles. The second-order valence-electron chi connectivity index (χ2n) is 4.84. The maximum absolute atomic E-state index is 12.1. The predicted molar refractivity (Wildman–Crippen MR) is 85.5 cm³/mol. The lowest BCUT2D eigenvalue weighted by molar-refractivity contribution is -0.121. The molecule has 1 unspecified atom stereocenters. The van der Waals surface area contributed by atoms with Gasteiger partial charge in [0.2, 0.25) is 11.8 Å². The smallest absolute Gasteiger partial charge is 0.233 e. The summed E-state index contributed by atoms with van der Waals surface area (Å²) in [5.41, 5.74) is 5.08. The quantitative estimate of drug-likeness (QED) is 0.729. The molecule has 1 aliphatic rings. The van der Waals surface area contributed by atoms with Gasteiger partial charge in [-0.2, -0.15) is 0 Å². The van der Waals surface area contributed by atoms with Crippen molar-refractivity contribution in [1.82, 2.24) is 15.5 Å². The number of nitrogens with two attached hydrogens (primary N) is 1. The Labute approximate surface area is 136 Å². The van der Waals surface area contributed by atoms with E-state index in [9.17, 15) is 9.59 Å². The van der Waals surface area contributed by atoms with E-state index in [0.717, 1.165) is 17.2 Å². The largest absolute Gasteiger partial charge is 0.369 e. The average Bonchev–Trinajstić information content (AvgIpc) is 3.08. The van der Waals surface area contributed by atoms with Crippen LogP contribution in [0.4, 0.5) is 0 Å². The third-order valence-corrected chi connectivity index (χ3v) is 6.34. The van der Waals surface area contributed by atoms with Crippen molar-refractivity contribution in [2.24, 2.45) is 5.73 Å². The summed E-state index contributed by atoms with van der Waals surface area (Å²) in [6.07, 6.45) is 4.55. The van der Waals surface area contributed by atoms with Crippen molar-refractivity contribution in [3.05, 3.63) is 0 Å². The lowest BCUT2D eigenvalue weighted by atomic mass is 10.2. The van der Waals surface area contributed by atoms with Gasteiger partial charge in [0.05, 0.1) is 11.0 Å². The van der Waals surface area contributed by atoms with E-state index in [2.05, 4.69) is 15.5 Å². The molecule has 1 fully saturated rings. The highest BCUT2D eigenvalue weighted by Crippen LogP contribution is 2.31. The van der Waals surface area contributed by atoms with Crippen molar-refractivity contribution in [2.75, 3.05) is 5.75 Å². The Kier molecular flexibility index (Phi) is 6.31. The van der Waals surface area contributed by atoms with E-state index in [1.54, 1.807) is 0 Å².